The molecule has 3 fully saturated rings. The minimum atomic E-state index is -0.957. The van der Waals surface area contributed by atoms with Crippen LogP contribution in [-0.4, -0.2) is 78.0 Å². The number of benzene rings is 3. The van der Waals surface area contributed by atoms with Gasteiger partial charge in [-0.3, -0.25) is 39.1 Å². The van der Waals surface area contributed by atoms with Crippen LogP contribution in [-0.2, 0) is 22.7 Å². The van der Waals surface area contributed by atoms with Crippen LogP contribution in [0.4, 0.5) is 17.1 Å². The molecule has 8 rings (SSSR count). The van der Waals surface area contributed by atoms with Crippen molar-refractivity contribution in [3.63, 3.8) is 0 Å². The number of hydrogen-bond acceptors (Lipinski definition) is 8. The van der Waals surface area contributed by atoms with Crippen LogP contribution in [0.3, 0.4) is 0 Å². The summed E-state index contributed by atoms with van der Waals surface area (Å²) in [5, 5.41) is 2.73. The van der Waals surface area contributed by atoms with Crippen molar-refractivity contribution >= 4 is 58.1 Å². The van der Waals surface area contributed by atoms with Crippen LogP contribution >= 0.6 is 11.6 Å². The number of carbonyl (C=O) groups excluding carboxylic acids is 5. The molecule has 11 nitrogen and oxygen atoms in total. The van der Waals surface area contributed by atoms with Gasteiger partial charge in [-0.25, -0.2) is 4.85 Å². The molecule has 4 aliphatic heterocycles. The summed E-state index contributed by atoms with van der Waals surface area (Å²) >= 11 is 6.28. The Kier molecular flexibility index (Phi) is 10.2. The Morgan fingerprint density at radius 2 is 1.51 bits per heavy atom. The molecule has 0 aromatic heterocycles. The highest BCUT2D eigenvalue weighted by atomic mass is 35.5. The third-order valence-electron chi connectivity index (χ3n) is 12.5. The van der Waals surface area contributed by atoms with Gasteiger partial charge in [0, 0.05) is 80.6 Å². The number of nitrogens with zero attached hydrogens (tertiary/aromatic N) is 5. The molecular formula is C43H45ClN6O5. The lowest BCUT2D eigenvalue weighted by molar-refractivity contribution is -0.136. The summed E-state index contributed by atoms with van der Waals surface area (Å²) in [4.78, 5) is 75.5. The van der Waals surface area contributed by atoms with E-state index < -0.39 is 23.8 Å². The molecule has 4 heterocycles. The van der Waals surface area contributed by atoms with Gasteiger partial charge in [-0.15, -0.1) is 0 Å². The van der Waals surface area contributed by atoms with Crippen molar-refractivity contribution in [2.75, 3.05) is 36.5 Å². The Morgan fingerprint density at radius 1 is 0.855 bits per heavy atom. The van der Waals surface area contributed by atoms with Gasteiger partial charge in [-0.05, 0) is 116 Å². The van der Waals surface area contributed by atoms with Crippen molar-refractivity contribution in [1.82, 2.24) is 15.1 Å². The molecule has 1 unspecified atom stereocenters. The summed E-state index contributed by atoms with van der Waals surface area (Å²) in [6.07, 6.45) is 7.00. The van der Waals surface area contributed by atoms with Crippen LogP contribution in [0.15, 0.2) is 54.6 Å². The predicted octanol–water partition coefficient (Wildman–Crippen LogP) is 6.79. The average Bonchev–Trinajstić information content (AvgIpc) is 3.69. The van der Waals surface area contributed by atoms with E-state index >= 15 is 0 Å². The van der Waals surface area contributed by atoms with Gasteiger partial charge in [-0.2, -0.15) is 0 Å². The number of Topliss-reactive ketones (excluding diaryl/α,β-unsaturated/α-hetero) is 1. The zero-order chi connectivity index (χ0) is 38.4. The fourth-order valence-corrected chi connectivity index (χ4v) is 9.51. The molecule has 1 aliphatic carbocycles. The maximum Gasteiger partial charge on any atom is 0.262 e. The SMILES string of the molecule is [C-]#[N+]c1ccc(N(C)C2CCC(CC(=O)c3ccc(N4CCC(CN5Cc6cc7c(cc6C5)C(=O)N(C5CCC(=O)NC5=O)C7=O)CC4)cc3)CC2)cc1Cl. The molecule has 12 heteroatoms. The average molecular weight is 761 g/mol. The van der Waals surface area contributed by atoms with Gasteiger partial charge in [0.25, 0.3) is 11.8 Å². The molecule has 0 bridgehead atoms. The third-order valence-corrected chi connectivity index (χ3v) is 12.8. The third kappa shape index (κ3) is 7.38. The first-order valence-corrected chi connectivity index (χ1v) is 19.8. The first-order chi connectivity index (χ1) is 26.6. The summed E-state index contributed by atoms with van der Waals surface area (Å²) in [7, 11) is 2.08. The number of hydrogen-bond donors (Lipinski definition) is 1. The van der Waals surface area contributed by atoms with Crippen molar-refractivity contribution in [2.45, 2.75) is 83.0 Å². The van der Waals surface area contributed by atoms with Crippen LogP contribution in [0.2, 0.25) is 5.02 Å². The fourth-order valence-electron chi connectivity index (χ4n) is 9.30. The van der Waals surface area contributed by atoms with Gasteiger partial charge in [0.05, 0.1) is 17.7 Å². The standard InChI is InChI=1S/C43H45ClN6O5/c1-45-37-12-11-33(22-36(37)44)47(2)31-7-3-26(4-8-31)19-39(51)28-5-9-32(10-6-28)49-17-15-27(16-18-49)23-48-24-29-20-34-35(21-30(29)25-48)43(55)50(42(34)54)38-13-14-40(52)46-41(38)53/h5-6,9-12,20-22,26-27,31,38H,3-4,7-8,13-19,23-25H2,2H3,(H,46,52,53). The van der Waals surface area contributed by atoms with E-state index in [4.69, 9.17) is 18.2 Å². The molecule has 1 atom stereocenters. The lowest BCUT2D eigenvalue weighted by atomic mass is 9.82. The number of carbonyl (C=O) groups is 5. The van der Waals surface area contributed by atoms with E-state index in [-0.39, 0.29) is 24.5 Å². The normalized spacial score (nSPS) is 23.0. The second-order valence-electron chi connectivity index (χ2n) is 15.9. The zero-order valence-corrected chi connectivity index (χ0v) is 31.8. The monoisotopic (exact) mass is 760 g/mol. The Bertz CT molecular complexity index is 2050. The number of nitrogens with one attached hydrogen (secondary N) is 1. The lowest BCUT2D eigenvalue weighted by Crippen LogP contribution is -2.54. The first kappa shape index (κ1) is 36.9. The molecule has 1 N–H and O–H groups in total. The Labute approximate surface area is 326 Å². The Morgan fingerprint density at radius 3 is 2.11 bits per heavy atom. The smallest absolute Gasteiger partial charge is 0.262 e. The van der Waals surface area contributed by atoms with E-state index in [2.05, 4.69) is 44.0 Å². The highest BCUT2D eigenvalue weighted by Gasteiger charge is 2.45. The van der Waals surface area contributed by atoms with Crippen LogP contribution in [0.25, 0.3) is 4.85 Å². The molecule has 284 valence electrons. The second kappa shape index (κ2) is 15.2. The maximum absolute atomic E-state index is 13.3. The minimum absolute atomic E-state index is 0.101. The highest BCUT2D eigenvalue weighted by molar-refractivity contribution is 6.33. The summed E-state index contributed by atoms with van der Waals surface area (Å²) in [6, 6.07) is 16.8. The molecule has 3 aromatic carbocycles. The number of ketones is 1. The number of anilines is 2. The molecular weight excluding hydrogens is 716 g/mol. The van der Waals surface area contributed by atoms with Gasteiger partial charge in [-0.1, -0.05) is 17.7 Å². The zero-order valence-electron chi connectivity index (χ0n) is 31.1. The summed E-state index contributed by atoms with van der Waals surface area (Å²) < 4.78 is 0. The van der Waals surface area contributed by atoms with Crippen LogP contribution < -0.4 is 15.1 Å². The summed E-state index contributed by atoms with van der Waals surface area (Å²) in [5.74, 6) is -0.781. The number of amides is 4. The number of imide groups is 2. The molecule has 1 saturated carbocycles. The summed E-state index contributed by atoms with van der Waals surface area (Å²) in [5.41, 5.74) is 6.19. The van der Waals surface area contributed by atoms with Gasteiger partial charge in [0.2, 0.25) is 17.5 Å². The van der Waals surface area contributed by atoms with Gasteiger partial charge < -0.3 is 9.80 Å². The number of piperidine rings is 2. The van der Waals surface area contributed by atoms with Gasteiger partial charge in [0.15, 0.2) is 5.78 Å². The van der Waals surface area contributed by atoms with Crippen molar-refractivity contribution in [3.8, 4) is 0 Å². The maximum atomic E-state index is 13.3. The van der Waals surface area contributed by atoms with Gasteiger partial charge >= 0.3 is 0 Å². The van der Waals surface area contributed by atoms with Crippen molar-refractivity contribution in [3.05, 3.63) is 98.9 Å². The van der Waals surface area contributed by atoms with E-state index in [1.165, 1.54) is 0 Å². The molecule has 0 spiro atoms. The van der Waals surface area contributed by atoms with E-state index in [1.54, 1.807) is 6.07 Å². The Balaban J connectivity index is 0.784. The van der Waals surface area contributed by atoms with Crippen LogP contribution in [0.5, 0.6) is 0 Å². The van der Waals surface area contributed by atoms with E-state index in [9.17, 15) is 24.0 Å². The van der Waals surface area contributed by atoms with Gasteiger partial charge in [0.1, 0.15) is 6.04 Å². The molecule has 2 saturated heterocycles. The molecule has 5 aliphatic rings. The minimum Gasteiger partial charge on any atom is -0.372 e. The van der Waals surface area contributed by atoms with Crippen molar-refractivity contribution < 1.29 is 24.0 Å². The molecule has 0 radical (unpaired) electrons. The molecule has 55 heavy (non-hydrogen) atoms. The van der Waals surface area contributed by atoms with E-state index in [1.807, 2.05) is 36.4 Å². The van der Waals surface area contributed by atoms with E-state index in [0.717, 1.165) is 91.1 Å². The van der Waals surface area contributed by atoms with Crippen molar-refractivity contribution in [2.24, 2.45) is 11.8 Å². The van der Waals surface area contributed by atoms with Crippen LogP contribution in [0, 0.1) is 18.4 Å². The first-order valence-electron chi connectivity index (χ1n) is 19.4. The summed E-state index contributed by atoms with van der Waals surface area (Å²) in [6.45, 7) is 11.5. The Hall–Kier alpha value is -5.05. The predicted molar refractivity (Wildman–Crippen MR) is 209 cm³/mol. The van der Waals surface area contributed by atoms with Crippen molar-refractivity contribution in [1.29, 1.82) is 0 Å². The number of rotatable bonds is 9. The molecule has 4 amide bonds. The van der Waals surface area contributed by atoms with Crippen LogP contribution in [0.1, 0.15) is 100.0 Å². The quantitative estimate of drug-likeness (QED) is 0.144. The lowest BCUT2D eigenvalue weighted by Gasteiger charge is -2.36. The number of halogens is 1. The highest BCUT2D eigenvalue weighted by Crippen LogP contribution is 2.37. The molecule has 3 aromatic rings. The number of fused-ring (bicyclic) bond motifs is 2. The second-order valence-corrected chi connectivity index (χ2v) is 16.3. The van der Waals surface area contributed by atoms with E-state index in [0.29, 0.717) is 59.2 Å². The fraction of sp³-hybridized carbons (Fsp3) is 0.442. The largest absolute Gasteiger partial charge is 0.372 e. The topological polar surface area (TPSA) is 115 Å².